The standard InChI is InChI=1S/C34H41ClFN7O3S/c1-9-29(44)41-17-21(3)42(18-20(41)2)33-23-16-25(35)31(30-26(36)11-10-12-27(30)37)38-32(23)43(47(45,46)39-33)28-14-13-22(19-40(7)8)15-24(28)34(4,5)6/h9-16,20-21H,1,17-19,37H2,2-8H3/t20-,21+/m1/s1. The molecule has 2 aliphatic rings. The van der Waals surface area contributed by atoms with Crippen LogP contribution >= 0.6 is 11.6 Å². The first-order valence-corrected chi connectivity index (χ1v) is 17.1. The molecular weight excluding hydrogens is 641 g/mol. The first-order chi connectivity index (χ1) is 21.9. The third kappa shape index (κ3) is 6.46. The molecular formula is C34H41ClFN7O3S. The number of carbonyl (C=O) groups is 1. The van der Waals surface area contributed by atoms with Crippen LogP contribution in [0.4, 0.5) is 21.6 Å². The molecule has 13 heteroatoms. The van der Waals surface area contributed by atoms with E-state index in [-0.39, 0.29) is 51.6 Å². The fourth-order valence-corrected chi connectivity index (χ4v) is 7.70. The van der Waals surface area contributed by atoms with Gasteiger partial charge in [-0.25, -0.2) is 13.7 Å². The van der Waals surface area contributed by atoms with Crippen molar-refractivity contribution in [2.45, 2.75) is 58.7 Å². The molecule has 3 heterocycles. The van der Waals surface area contributed by atoms with Crippen LogP contribution in [-0.4, -0.2) is 79.1 Å². The second-order valence-corrected chi connectivity index (χ2v) is 15.3. The van der Waals surface area contributed by atoms with Crippen LogP contribution in [0.3, 0.4) is 0 Å². The van der Waals surface area contributed by atoms with E-state index in [1.807, 2.05) is 70.6 Å². The number of nitrogens with zero attached hydrogens (tertiary/aromatic N) is 6. The maximum atomic E-state index is 15.3. The molecule has 10 nitrogen and oxygen atoms in total. The van der Waals surface area contributed by atoms with E-state index < -0.39 is 21.4 Å². The number of hydrogen-bond donors (Lipinski definition) is 1. The zero-order valence-electron chi connectivity index (χ0n) is 27.8. The molecule has 0 bridgehead atoms. The molecule has 2 N–H and O–H groups in total. The molecule has 47 heavy (non-hydrogen) atoms. The van der Waals surface area contributed by atoms with Crippen LogP contribution in [0.15, 0.2) is 59.5 Å². The second-order valence-electron chi connectivity index (χ2n) is 13.4. The van der Waals surface area contributed by atoms with Crippen LogP contribution in [0.2, 0.25) is 5.02 Å². The minimum Gasteiger partial charge on any atom is -0.398 e. The van der Waals surface area contributed by atoms with E-state index in [0.717, 1.165) is 15.4 Å². The SMILES string of the molecule is C=CC(=O)N1C[C@H](C)N(C2=NS(=O)(=O)N(c3ccc(CN(C)C)cc3C(C)(C)C)c3nc(-c4c(N)cccc4F)c(Cl)cc32)C[C@H]1C. The van der Waals surface area contributed by atoms with Crippen molar-refractivity contribution in [3.05, 3.63) is 82.6 Å². The highest BCUT2D eigenvalue weighted by Gasteiger charge is 2.42. The van der Waals surface area contributed by atoms with Crippen molar-refractivity contribution in [2.75, 3.05) is 37.2 Å². The van der Waals surface area contributed by atoms with Gasteiger partial charge in [0.25, 0.3) is 0 Å². The normalized spacial score (nSPS) is 19.4. The number of hydrogen-bond acceptors (Lipinski definition) is 7. The summed E-state index contributed by atoms with van der Waals surface area (Å²) in [5.41, 5.74) is 8.29. The van der Waals surface area contributed by atoms with Gasteiger partial charge in [-0.1, -0.05) is 57.2 Å². The van der Waals surface area contributed by atoms with Gasteiger partial charge in [-0.2, -0.15) is 8.42 Å². The molecule has 5 rings (SSSR count). The molecule has 0 saturated carbocycles. The molecule has 1 aromatic heterocycles. The molecule has 0 unspecified atom stereocenters. The third-order valence-electron chi connectivity index (χ3n) is 8.41. The molecule has 2 aromatic carbocycles. The number of aromatic nitrogens is 1. The fraction of sp³-hybridized carbons (Fsp3) is 0.382. The lowest BCUT2D eigenvalue weighted by molar-refractivity contribution is -0.130. The summed E-state index contributed by atoms with van der Waals surface area (Å²) < 4.78 is 49.7. The Morgan fingerprint density at radius 3 is 2.47 bits per heavy atom. The summed E-state index contributed by atoms with van der Waals surface area (Å²) in [4.78, 5) is 22.9. The largest absolute Gasteiger partial charge is 0.398 e. The molecule has 250 valence electrons. The van der Waals surface area contributed by atoms with Crippen molar-refractivity contribution >= 4 is 50.7 Å². The zero-order chi connectivity index (χ0) is 34.6. The summed E-state index contributed by atoms with van der Waals surface area (Å²) in [5, 5.41) is 0.0750. The number of halogens is 2. The first kappa shape index (κ1) is 34.3. The lowest BCUT2D eigenvalue weighted by atomic mass is 9.84. The Labute approximate surface area is 281 Å². The lowest BCUT2D eigenvalue weighted by Gasteiger charge is -2.46. The predicted octanol–water partition coefficient (Wildman–Crippen LogP) is 5.73. The molecule has 2 aliphatic heterocycles. The van der Waals surface area contributed by atoms with E-state index >= 15 is 4.39 Å². The van der Waals surface area contributed by atoms with Gasteiger partial charge in [-0.15, -0.1) is 4.40 Å². The Morgan fingerprint density at radius 1 is 1.15 bits per heavy atom. The predicted molar refractivity (Wildman–Crippen MR) is 187 cm³/mol. The summed E-state index contributed by atoms with van der Waals surface area (Å²) in [6.07, 6.45) is 1.27. The third-order valence-corrected chi connectivity index (χ3v) is 9.93. The van der Waals surface area contributed by atoms with Crippen molar-refractivity contribution in [3.63, 3.8) is 0 Å². The van der Waals surface area contributed by atoms with Gasteiger partial charge in [0.15, 0.2) is 11.7 Å². The van der Waals surface area contributed by atoms with Crippen molar-refractivity contribution in [2.24, 2.45) is 4.40 Å². The highest BCUT2D eigenvalue weighted by atomic mass is 35.5. The number of carbonyl (C=O) groups excluding carboxylic acids is 1. The second kappa shape index (κ2) is 12.6. The van der Waals surface area contributed by atoms with Crippen LogP contribution in [-0.2, 0) is 27.0 Å². The number of anilines is 3. The monoisotopic (exact) mass is 681 g/mol. The molecule has 0 aliphatic carbocycles. The summed E-state index contributed by atoms with van der Waals surface area (Å²) in [6.45, 7) is 14.7. The van der Waals surface area contributed by atoms with Crippen LogP contribution in [0.1, 0.15) is 51.3 Å². The first-order valence-electron chi connectivity index (χ1n) is 15.3. The topological polar surface area (TPSA) is 115 Å². The Bertz CT molecular complexity index is 1870. The number of benzene rings is 2. The summed E-state index contributed by atoms with van der Waals surface area (Å²) in [7, 11) is -0.546. The van der Waals surface area contributed by atoms with E-state index in [2.05, 4.69) is 11.0 Å². The lowest BCUT2D eigenvalue weighted by Crippen LogP contribution is -2.60. The number of fused-ring (bicyclic) bond motifs is 1. The number of pyridine rings is 1. The van der Waals surface area contributed by atoms with E-state index in [9.17, 15) is 13.2 Å². The molecule has 0 spiro atoms. The van der Waals surface area contributed by atoms with Gasteiger partial charge in [-0.3, -0.25) is 4.79 Å². The minimum atomic E-state index is -4.47. The van der Waals surface area contributed by atoms with Crippen LogP contribution < -0.4 is 10.0 Å². The van der Waals surface area contributed by atoms with Crippen molar-refractivity contribution in [3.8, 4) is 11.3 Å². The molecule has 1 saturated heterocycles. The summed E-state index contributed by atoms with van der Waals surface area (Å²) >= 11 is 6.84. The quantitative estimate of drug-likeness (QED) is 0.270. The van der Waals surface area contributed by atoms with Crippen LogP contribution in [0, 0.1) is 5.82 Å². The molecule has 0 radical (unpaired) electrons. The van der Waals surface area contributed by atoms with E-state index in [0.29, 0.717) is 30.9 Å². The number of nitrogens with two attached hydrogens (primary N) is 1. The number of nitrogen functional groups attached to an aromatic ring is 1. The van der Waals surface area contributed by atoms with Crippen LogP contribution in [0.5, 0.6) is 0 Å². The zero-order valence-corrected chi connectivity index (χ0v) is 29.3. The maximum Gasteiger partial charge on any atom is 0.352 e. The average Bonchev–Trinajstić information content (AvgIpc) is 2.97. The Kier molecular flexibility index (Phi) is 9.17. The van der Waals surface area contributed by atoms with Gasteiger partial charge in [-0.05, 0) is 74.8 Å². The molecule has 3 aromatic rings. The number of amidine groups is 1. The number of amides is 1. The smallest absolute Gasteiger partial charge is 0.352 e. The maximum absolute atomic E-state index is 15.3. The molecule has 1 amide bonds. The van der Waals surface area contributed by atoms with Gasteiger partial charge in [0, 0.05) is 37.4 Å². The van der Waals surface area contributed by atoms with Gasteiger partial charge in [0.2, 0.25) is 5.91 Å². The fourth-order valence-electron chi connectivity index (χ4n) is 6.19. The van der Waals surface area contributed by atoms with Crippen molar-refractivity contribution in [1.29, 1.82) is 0 Å². The van der Waals surface area contributed by atoms with E-state index in [1.54, 1.807) is 17.0 Å². The van der Waals surface area contributed by atoms with Gasteiger partial charge >= 0.3 is 10.2 Å². The highest BCUT2D eigenvalue weighted by molar-refractivity contribution is 7.92. The Hall–Kier alpha value is -4.00. The van der Waals surface area contributed by atoms with Gasteiger partial charge < -0.3 is 20.4 Å². The van der Waals surface area contributed by atoms with Crippen molar-refractivity contribution in [1.82, 2.24) is 19.7 Å². The number of rotatable bonds is 5. The molecule has 2 atom stereocenters. The van der Waals surface area contributed by atoms with Crippen LogP contribution in [0.25, 0.3) is 11.3 Å². The minimum absolute atomic E-state index is 0.00631. The van der Waals surface area contributed by atoms with E-state index in [1.165, 1.54) is 24.3 Å². The average molecular weight is 682 g/mol. The van der Waals surface area contributed by atoms with Crippen molar-refractivity contribution < 1.29 is 17.6 Å². The van der Waals surface area contributed by atoms with Gasteiger partial charge in [0.05, 0.1) is 27.5 Å². The summed E-state index contributed by atoms with van der Waals surface area (Å²) in [6, 6.07) is 10.9. The molecule has 1 fully saturated rings. The summed E-state index contributed by atoms with van der Waals surface area (Å²) in [5.74, 6) is -0.692. The highest BCUT2D eigenvalue weighted by Crippen LogP contribution is 2.45. The number of piperazine rings is 1. The Balaban J connectivity index is 1.79. The van der Waals surface area contributed by atoms with E-state index in [4.69, 9.17) is 22.3 Å². The Morgan fingerprint density at radius 2 is 1.85 bits per heavy atom. The van der Waals surface area contributed by atoms with Gasteiger partial charge in [0.1, 0.15) is 5.82 Å².